The average Bonchev–Trinajstić information content (AvgIpc) is 2.26. The van der Waals surface area contributed by atoms with Crippen LogP contribution in [-0.4, -0.2) is 17.9 Å². The van der Waals surface area contributed by atoms with Crippen molar-refractivity contribution in [3.05, 3.63) is 0 Å². The molecule has 0 saturated heterocycles. The number of aliphatic hydroxyl groups excluding tert-OH is 1. The van der Waals surface area contributed by atoms with E-state index in [1.54, 1.807) is 0 Å². The Morgan fingerprint density at radius 1 is 0.789 bits per heavy atom. The van der Waals surface area contributed by atoms with Gasteiger partial charge in [0, 0.05) is 6.61 Å². The fraction of sp³-hybridized carbons (Fsp3) is 0.923. The van der Waals surface area contributed by atoms with Crippen LogP contribution in [0, 0.1) is 0 Å². The summed E-state index contributed by atoms with van der Waals surface area (Å²) in [6, 6.07) is 0. The molecule has 0 aromatic heterocycles. The van der Waals surface area contributed by atoms with Crippen LogP contribution in [-0.2, 0) is 0 Å². The Bertz CT molecular complexity index is 144. The van der Waals surface area contributed by atoms with Crippen LogP contribution in [0.5, 0.6) is 0 Å². The molecule has 6 heteroatoms. The summed E-state index contributed by atoms with van der Waals surface area (Å²) in [6.45, 7) is 2.63. The smallest absolute Gasteiger partial charge is 0.652 e. The van der Waals surface area contributed by atoms with E-state index in [9.17, 15) is 0 Å². The zero-order valence-corrected chi connectivity index (χ0v) is 17.0. The van der Waals surface area contributed by atoms with Gasteiger partial charge in [-0.25, -0.2) is 0 Å². The molecule has 0 heterocycles. The van der Waals surface area contributed by atoms with E-state index in [2.05, 4.69) is 6.92 Å². The van der Waals surface area contributed by atoms with Crippen molar-refractivity contribution in [3.63, 3.8) is 0 Å². The molecule has 0 atom stereocenters. The summed E-state index contributed by atoms with van der Waals surface area (Å²) in [5, 5.41) is 25.2. The molecule has 0 spiro atoms. The predicted molar refractivity (Wildman–Crippen MR) is 64.3 cm³/mol. The molecule has 0 fully saturated rings. The molecule has 104 valence electrons. The minimum atomic E-state index is -2.33. The second kappa shape index (κ2) is 27.6. The molecule has 0 rings (SSSR count). The summed E-state index contributed by atoms with van der Waals surface area (Å²) in [7, 11) is 0. The zero-order chi connectivity index (χ0) is 13.4. The van der Waals surface area contributed by atoms with E-state index in [4.69, 9.17) is 20.1 Å². The third kappa shape index (κ3) is 45.3. The van der Waals surface area contributed by atoms with Gasteiger partial charge >= 0.3 is 59.1 Å². The van der Waals surface area contributed by atoms with Crippen molar-refractivity contribution in [1.82, 2.24) is 0 Å². The van der Waals surface area contributed by atoms with Crippen LogP contribution in [0.3, 0.4) is 0 Å². The zero-order valence-electron chi connectivity index (χ0n) is 13.0. The van der Waals surface area contributed by atoms with E-state index < -0.39 is 6.16 Å². The maximum absolute atomic E-state index is 8.57. The quantitative estimate of drug-likeness (QED) is 0.325. The third-order valence-corrected chi connectivity index (χ3v) is 2.51. The predicted octanol–water partition coefficient (Wildman–Crippen LogP) is -4.54. The van der Waals surface area contributed by atoms with Crippen LogP contribution in [0.1, 0.15) is 71.1 Å². The van der Waals surface area contributed by atoms with Crippen molar-refractivity contribution in [2.75, 3.05) is 6.61 Å². The van der Waals surface area contributed by atoms with E-state index in [-0.39, 0.29) is 59.1 Å². The van der Waals surface area contributed by atoms with Gasteiger partial charge in [0.05, 0.1) is 0 Å². The average molecular weight is 292 g/mol. The van der Waals surface area contributed by atoms with Gasteiger partial charge in [-0.2, -0.15) is 0 Å². The monoisotopic (exact) mass is 292 g/mol. The molecule has 0 saturated carbocycles. The molecule has 0 aromatic carbocycles. The Balaban J connectivity index is -0.000000165. The summed E-state index contributed by atoms with van der Waals surface area (Å²) < 4.78 is 0. The molecule has 0 aliphatic carbocycles. The third-order valence-electron chi connectivity index (χ3n) is 2.51. The fourth-order valence-corrected chi connectivity index (χ4v) is 1.60. The van der Waals surface area contributed by atoms with Crippen molar-refractivity contribution in [2.24, 2.45) is 0 Å². The van der Waals surface area contributed by atoms with Crippen LogP contribution in [0.15, 0.2) is 0 Å². The first kappa shape index (κ1) is 28.4. The molecular weight excluding hydrogens is 266 g/mol. The number of hydrogen-bond acceptors (Lipinski definition) is 4. The standard InChI is InChI=1S/C12H26O.CH2O3.2Na/c1-2-3-4-5-6-7-8-9-10-11-12-13;2-1(3)4;;/h13H,2-12H2,1H3;(H2,2,3,4);;/q;;2*+1/p-2. The van der Waals surface area contributed by atoms with Crippen LogP contribution in [0.4, 0.5) is 4.79 Å². The van der Waals surface area contributed by atoms with E-state index in [1.807, 2.05) is 0 Å². The minimum absolute atomic E-state index is 0. The summed E-state index contributed by atoms with van der Waals surface area (Å²) >= 11 is 0. The number of carbonyl (C=O) groups excluding carboxylic acids is 1. The number of unbranched alkanes of at least 4 members (excludes halogenated alkanes) is 9. The molecule has 0 unspecified atom stereocenters. The molecule has 0 aliphatic heterocycles. The minimum Gasteiger partial charge on any atom is -0.652 e. The Morgan fingerprint density at radius 3 is 1.32 bits per heavy atom. The summed E-state index contributed by atoms with van der Waals surface area (Å²) in [5.74, 6) is 0. The number of rotatable bonds is 10. The van der Waals surface area contributed by atoms with Crippen LogP contribution >= 0.6 is 0 Å². The second-order valence-corrected chi connectivity index (χ2v) is 4.16. The SMILES string of the molecule is CCCCCCCCCCCCO.O=C([O-])[O-].[Na+].[Na+]. The van der Waals surface area contributed by atoms with E-state index in [0.29, 0.717) is 6.61 Å². The van der Waals surface area contributed by atoms with Crippen molar-refractivity contribution >= 4 is 6.16 Å². The molecule has 0 amide bonds. The van der Waals surface area contributed by atoms with Crippen molar-refractivity contribution in [1.29, 1.82) is 0 Å². The molecule has 0 aromatic rings. The molecule has 0 bridgehead atoms. The Labute approximate surface area is 161 Å². The van der Waals surface area contributed by atoms with E-state index >= 15 is 0 Å². The van der Waals surface area contributed by atoms with E-state index in [0.717, 1.165) is 6.42 Å². The molecule has 0 aliphatic rings. The number of aliphatic hydroxyl groups is 1. The first-order valence-corrected chi connectivity index (χ1v) is 6.64. The molecule has 4 nitrogen and oxygen atoms in total. The number of carboxylic acid groups (broad SMARTS) is 2. The van der Waals surface area contributed by atoms with Gasteiger partial charge in [-0.1, -0.05) is 64.7 Å². The number of hydrogen-bond donors (Lipinski definition) is 1. The van der Waals surface area contributed by atoms with Gasteiger partial charge in [-0.05, 0) is 12.6 Å². The van der Waals surface area contributed by atoms with Crippen LogP contribution < -0.4 is 69.3 Å². The summed E-state index contributed by atoms with van der Waals surface area (Å²) in [5.41, 5.74) is 0. The van der Waals surface area contributed by atoms with Crippen molar-refractivity contribution in [3.8, 4) is 0 Å². The summed E-state index contributed by atoms with van der Waals surface area (Å²) in [6.07, 6.45) is 11.0. The van der Waals surface area contributed by atoms with Crippen molar-refractivity contribution in [2.45, 2.75) is 71.1 Å². The van der Waals surface area contributed by atoms with Crippen molar-refractivity contribution < 1.29 is 79.2 Å². The van der Waals surface area contributed by atoms with Gasteiger partial charge in [0.15, 0.2) is 0 Å². The molecule has 1 N–H and O–H groups in total. The first-order valence-electron chi connectivity index (χ1n) is 6.64. The van der Waals surface area contributed by atoms with Crippen LogP contribution in [0.2, 0.25) is 0 Å². The molecule has 19 heavy (non-hydrogen) atoms. The van der Waals surface area contributed by atoms with Gasteiger partial charge in [-0.15, -0.1) is 0 Å². The second-order valence-electron chi connectivity index (χ2n) is 4.16. The number of carbonyl (C=O) groups is 1. The van der Waals surface area contributed by atoms with Crippen LogP contribution in [0.25, 0.3) is 0 Å². The fourth-order valence-electron chi connectivity index (χ4n) is 1.60. The van der Waals surface area contributed by atoms with Gasteiger partial charge in [0.2, 0.25) is 0 Å². The normalized spacial score (nSPS) is 8.53. The van der Waals surface area contributed by atoms with Gasteiger partial charge in [-0.3, -0.25) is 0 Å². The Hall–Kier alpha value is 1.23. The summed E-state index contributed by atoms with van der Waals surface area (Å²) in [4.78, 5) is 8.33. The largest absolute Gasteiger partial charge is 1.00 e. The van der Waals surface area contributed by atoms with Gasteiger partial charge < -0.3 is 20.1 Å². The van der Waals surface area contributed by atoms with Gasteiger partial charge in [0.1, 0.15) is 0 Å². The first-order chi connectivity index (χ1) is 8.15. The Morgan fingerprint density at radius 2 is 1.05 bits per heavy atom. The molecule has 0 radical (unpaired) electrons. The van der Waals surface area contributed by atoms with Gasteiger partial charge in [0.25, 0.3) is 0 Å². The topological polar surface area (TPSA) is 83.4 Å². The maximum Gasteiger partial charge on any atom is 1.00 e. The maximum atomic E-state index is 8.57. The molecular formula is C13H26Na2O4. The van der Waals surface area contributed by atoms with E-state index in [1.165, 1.54) is 57.8 Å². The Kier molecular flexibility index (Phi) is 41.2.